The first kappa shape index (κ1) is 15.3. The molecule has 100 valence electrons. The zero-order chi connectivity index (χ0) is 13.5. The van der Waals surface area contributed by atoms with Crippen LogP contribution in [0.4, 0.5) is 0 Å². The number of likely N-dealkylation sites (N-methyl/N-ethyl adjacent to an activating group) is 1. The van der Waals surface area contributed by atoms with Gasteiger partial charge in [-0.1, -0.05) is 23.7 Å². The van der Waals surface area contributed by atoms with E-state index in [1.54, 1.807) is 23.7 Å². The molecule has 1 atom stereocenters. The molecule has 0 radical (unpaired) electrons. The van der Waals surface area contributed by atoms with Gasteiger partial charge in [-0.25, -0.2) is 0 Å². The van der Waals surface area contributed by atoms with Crippen molar-refractivity contribution in [3.63, 3.8) is 0 Å². The summed E-state index contributed by atoms with van der Waals surface area (Å²) in [7, 11) is 1.77. The monoisotopic (exact) mass is 286 g/mol. The molecule has 5 heteroatoms. The van der Waals surface area contributed by atoms with Crippen molar-refractivity contribution in [2.45, 2.75) is 19.0 Å². The fourth-order valence-electron chi connectivity index (χ4n) is 1.64. The number of halogens is 1. The average Bonchev–Trinajstić information content (AvgIpc) is 2.35. The predicted octanol–water partition coefficient (Wildman–Crippen LogP) is 2.38. The van der Waals surface area contributed by atoms with Gasteiger partial charge in [-0.3, -0.25) is 4.79 Å². The largest absolute Gasteiger partial charge is 0.340 e. The minimum absolute atomic E-state index is 0.0241. The van der Waals surface area contributed by atoms with Crippen molar-refractivity contribution in [1.29, 1.82) is 0 Å². The number of carbonyl (C=O) groups excluding carboxylic acids is 1. The number of hydrogen-bond donors (Lipinski definition) is 1. The molecule has 0 aromatic heterocycles. The summed E-state index contributed by atoms with van der Waals surface area (Å²) in [6, 6.07) is 7.09. The molecule has 1 aromatic rings. The molecule has 0 aliphatic rings. The van der Waals surface area contributed by atoms with Gasteiger partial charge in [0.25, 0.3) is 0 Å². The number of benzene rings is 1. The van der Waals surface area contributed by atoms with Crippen LogP contribution in [0.25, 0.3) is 0 Å². The molecule has 0 aliphatic carbocycles. The number of amides is 1. The first-order valence-corrected chi connectivity index (χ1v) is 7.55. The van der Waals surface area contributed by atoms with Crippen molar-refractivity contribution in [2.75, 3.05) is 19.1 Å². The Kier molecular flexibility index (Phi) is 6.54. The fourth-order valence-corrected chi connectivity index (χ4v) is 2.34. The topological polar surface area (TPSA) is 46.3 Å². The van der Waals surface area contributed by atoms with E-state index >= 15 is 0 Å². The molecule has 0 heterocycles. The molecular formula is C13H19ClN2OS. The van der Waals surface area contributed by atoms with E-state index in [-0.39, 0.29) is 5.91 Å². The van der Waals surface area contributed by atoms with Crippen LogP contribution >= 0.6 is 23.4 Å². The Morgan fingerprint density at radius 1 is 1.56 bits per heavy atom. The maximum absolute atomic E-state index is 12.0. The van der Waals surface area contributed by atoms with E-state index in [2.05, 4.69) is 0 Å². The maximum atomic E-state index is 12.0. The van der Waals surface area contributed by atoms with Gasteiger partial charge in [0.1, 0.15) is 0 Å². The Hall–Kier alpha value is -0.710. The predicted molar refractivity (Wildman–Crippen MR) is 78.9 cm³/mol. The van der Waals surface area contributed by atoms with Crippen molar-refractivity contribution >= 4 is 29.3 Å². The van der Waals surface area contributed by atoms with Gasteiger partial charge >= 0.3 is 0 Å². The minimum Gasteiger partial charge on any atom is -0.340 e. The van der Waals surface area contributed by atoms with Crippen LogP contribution in [0.15, 0.2) is 24.3 Å². The molecule has 0 spiro atoms. The highest BCUT2D eigenvalue weighted by atomic mass is 35.5. The Labute approximate surface area is 118 Å². The SMILES string of the molecule is CSCC[C@H](N)C(=O)N(C)Cc1cccc(Cl)c1. The molecule has 0 bridgehead atoms. The van der Waals surface area contributed by atoms with Gasteiger partial charge < -0.3 is 10.6 Å². The van der Waals surface area contributed by atoms with Gasteiger partial charge in [0, 0.05) is 18.6 Å². The Balaban J connectivity index is 2.54. The summed E-state index contributed by atoms with van der Waals surface area (Å²) in [5.41, 5.74) is 6.87. The summed E-state index contributed by atoms with van der Waals surface area (Å²) >= 11 is 7.60. The minimum atomic E-state index is -0.415. The molecule has 0 fully saturated rings. The van der Waals surface area contributed by atoms with Crippen LogP contribution in [-0.4, -0.2) is 35.9 Å². The van der Waals surface area contributed by atoms with Gasteiger partial charge in [0.2, 0.25) is 5.91 Å². The van der Waals surface area contributed by atoms with Crippen LogP contribution in [-0.2, 0) is 11.3 Å². The molecule has 0 aliphatic heterocycles. The highest BCUT2D eigenvalue weighted by Crippen LogP contribution is 2.12. The lowest BCUT2D eigenvalue weighted by Gasteiger charge is -2.21. The normalized spacial score (nSPS) is 12.2. The summed E-state index contributed by atoms with van der Waals surface area (Å²) in [6.45, 7) is 0.534. The van der Waals surface area contributed by atoms with Gasteiger partial charge in [-0.15, -0.1) is 0 Å². The van der Waals surface area contributed by atoms with E-state index in [0.717, 1.165) is 11.3 Å². The van der Waals surface area contributed by atoms with Crippen LogP contribution in [0.3, 0.4) is 0 Å². The first-order valence-electron chi connectivity index (χ1n) is 5.78. The third-order valence-electron chi connectivity index (χ3n) is 2.64. The van der Waals surface area contributed by atoms with E-state index in [0.29, 0.717) is 18.0 Å². The van der Waals surface area contributed by atoms with E-state index in [9.17, 15) is 4.79 Å². The van der Waals surface area contributed by atoms with Crippen LogP contribution in [0.1, 0.15) is 12.0 Å². The zero-order valence-corrected chi connectivity index (χ0v) is 12.3. The molecule has 3 nitrogen and oxygen atoms in total. The number of hydrogen-bond acceptors (Lipinski definition) is 3. The number of nitrogens with two attached hydrogens (primary N) is 1. The lowest BCUT2D eigenvalue weighted by atomic mass is 10.2. The van der Waals surface area contributed by atoms with E-state index in [1.807, 2.05) is 30.5 Å². The van der Waals surface area contributed by atoms with Crippen LogP contribution < -0.4 is 5.73 Å². The fraction of sp³-hybridized carbons (Fsp3) is 0.462. The summed E-state index contributed by atoms with van der Waals surface area (Å²) in [4.78, 5) is 13.6. The Bertz CT molecular complexity index is 400. The van der Waals surface area contributed by atoms with Gasteiger partial charge in [0.05, 0.1) is 6.04 Å². The third-order valence-corrected chi connectivity index (χ3v) is 3.51. The molecule has 0 saturated carbocycles. The van der Waals surface area contributed by atoms with Gasteiger partial charge in [-0.2, -0.15) is 11.8 Å². The lowest BCUT2D eigenvalue weighted by Crippen LogP contribution is -2.41. The molecule has 18 heavy (non-hydrogen) atoms. The second kappa shape index (κ2) is 7.67. The molecule has 1 rings (SSSR count). The number of thioether (sulfide) groups is 1. The molecule has 2 N–H and O–H groups in total. The van der Waals surface area contributed by atoms with Crippen LogP contribution in [0, 0.1) is 0 Å². The number of carbonyl (C=O) groups is 1. The molecular weight excluding hydrogens is 268 g/mol. The van der Waals surface area contributed by atoms with Crippen molar-refractivity contribution in [3.05, 3.63) is 34.9 Å². The summed E-state index contributed by atoms with van der Waals surface area (Å²) in [6.07, 6.45) is 2.72. The van der Waals surface area contributed by atoms with Gasteiger partial charge in [0.15, 0.2) is 0 Å². The standard InChI is InChI=1S/C13H19ClN2OS/c1-16(13(17)12(15)6-7-18-2)9-10-4-3-5-11(14)8-10/h3-5,8,12H,6-7,9,15H2,1-2H3/t12-/m0/s1. The van der Waals surface area contributed by atoms with Gasteiger partial charge in [-0.05, 0) is 36.1 Å². The third kappa shape index (κ3) is 4.88. The number of rotatable bonds is 6. The smallest absolute Gasteiger partial charge is 0.239 e. The highest BCUT2D eigenvalue weighted by molar-refractivity contribution is 7.98. The van der Waals surface area contributed by atoms with Crippen molar-refractivity contribution in [2.24, 2.45) is 5.73 Å². The van der Waals surface area contributed by atoms with Crippen molar-refractivity contribution in [3.8, 4) is 0 Å². The lowest BCUT2D eigenvalue weighted by molar-refractivity contribution is -0.131. The van der Waals surface area contributed by atoms with Crippen LogP contribution in [0.2, 0.25) is 5.02 Å². The first-order chi connectivity index (χ1) is 8.54. The quantitative estimate of drug-likeness (QED) is 0.873. The molecule has 1 aromatic carbocycles. The Morgan fingerprint density at radius 2 is 2.28 bits per heavy atom. The average molecular weight is 287 g/mol. The summed E-state index contributed by atoms with van der Waals surface area (Å²) in [5.74, 6) is 0.877. The molecule has 0 saturated heterocycles. The molecule has 0 unspecified atom stereocenters. The second-order valence-corrected chi connectivity index (χ2v) is 5.63. The zero-order valence-electron chi connectivity index (χ0n) is 10.7. The maximum Gasteiger partial charge on any atom is 0.239 e. The summed E-state index contributed by atoms with van der Waals surface area (Å²) < 4.78 is 0. The second-order valence-electron chi connectivity index (χ2n) is 4.21. The Morgan fingerprint density at radius 3 is 2.89 bits per heavy atom. The van der Waals surface area contributed by atoms with E-state index < -0.39 is 6.04 Å². The summed E-state index contributed by atoms with van der Waals surface area (Å²) in [5, 5.41) is 0.681. The van der Waals surface area contributed by atoms with Crippen molar-refractivity contribution in [1.82, 2.24) is 4.90 Å². The van der Waals surface area contributed by atoms with E-state index in [1.165, 1.54) is 0 Å². The van der Waals surface area contributed by atoms with Crippen LogP contribution in [0.5, 0.6) is 0 Å². The van der Waals surface area contributed by atoms with E-state index in [4.69, 9.17) is 17.3 Å². The van der Waals surface area contributed by atoms with Crippen molar-refractivity contribution < 1.29 is 4.79 Å². The number of nitrogens with zero attached hydrogens (tertiary/aromatic N) is 1. The molecule has 1 amide bonds. The highest BCUT2D eigenvalue weighted by Gasteiger charge is 2.17.